The molecule has 1 saturated carbocycles. The van der Waals surface area contributed by atoms with Crippen LogP contribution >= 0.6 is 15.6 Å². The van der Waals surface area contributed by atoms with Gasteiger partial charge in [0.2, 0.25) is 0 Å². The molecule has 0 saturated heterocycles. The van der Waals surface area contributed by atoms with Gasteiger partial charge < -0.3 is 39.5 Å². The Morgan fingerprint density at radius 1 is 0.677 bits per heavy atom. The molecule has 6 N–H and O–H groups in total. The molecular weight excluding hydrogens is 882 g/mol. The maximum atomic E-state index is 12.8. The minimum atomic E-state index is -4.89. The Morgan fingerprint density at radius 3 is 1.75 bits per heavy atom. The molecule has 16 nitrogen and oxygen atoms in total. The van der Waals surface area contributed by atoms with Crippen LogP contribution in [-0.4, -0.2) is 98.6 Å². The average molecular weight is 971 g/mol. The van der Waals surface area contributed by atoms with Gasteiger partial charge in [-0.1, -0.05) is 168 Å². The van der Waals surface area contributed by atoms with E-state index in [-0.39, 0.29) is 36.9 Å². The number of ether oxygens (including phenoxy) is 2. The number of aliphatic hydroxyl groups is 3. The molecule has 8 atom stereocenters. The molecular formula is C47H88O16P2. The highest BCUT2D eigenvalue weighted by molar-refractivity contribution is 7.47. The van der Waals surface area contributed by atoms with Gasteiger partial charge in [0, 0.05) is 31.1 Å². The molecule has 2 unspecified atom stereocenters. The SMILES string of the molecule is CCCCC[C@H](O)/C=C/[C@H]1[C@H](O)CC(=O)[C@@H]1CCCCCCC(=O)OC[C@H](COP(=O)(O)OC[C@@H](O)COP(=O)(O)O)OC(=O)CCCCCCCCCCCCCCCCC(C)CC. The minimum Gasteiger partial charge on any atom is -0.462 e. The van der Waals surface area contributed by atoms with Gasteiger partial charge in [-0.2, -0.15) is 0 Å². The van der Waals surface area contributed by atoms with E-state index in [0.29, 0.717) is 38.5 Å². The zero-order chi connectivity index (χ0) is 48.4. The molecule has 0 aromatic rings. The van der Waals surface area contributed by atoms with Crippen molar-refractivity contribution in [2.45, 2.75) is 225 Å². The van der Waals surface area contributed by atoms with Crippen molar-refractivity contribution in [1.29, 1.82) is 0 Å². The lowest BCUT2D eigenvalue weighted by atomic mass is 9.88. The fraction of sp³-hybridized carbons (Fsp3) is 0.894. The summed E-state index contributed by atoms with van der Waals surface area (Å²) in [5.41, 5.74) is 0. The monoisotopic (exact) mass is 971 g/mol. The molecule has 1 fully saturated rings. The second-order valence-electron chi connectivity index (χ2n) is 18.1. The predicted octanol–water partition coefficient (Wildman–Crippen LogP) is 9.74. The maximum absolute atomic E-state index is 12.8. The Balaban J connectivity index is 2.47. The average Bonchev–Trinajstić information content (AvgIpc) is 3.53. The van der Waals surface area contributed by atoms with E-state index < -0.39 is 78.4 Å². The number of Topliss-reactive ketones (excluding diaryl/α,β-unsaturated/α-hetero) is 1. The van der Waals surface area contributed by atoms with Gasteiger partial charge in [0.05, 0.1) is 32.0 Å². The molecule has 0 aromatic carbocycles. The highest BCUT2D eigenvalue weighted by Crippen LogP contribution is 2.44. The van der Waals surface area contributed by atoms with E-state index in [9.17, 15) is 43.7 Å². The molecule has 1 aliphatic rings. The standard InChI is InChI=1S/C47H88O16P2/c1-4-6-21-27-39(48)31-32-43-42(44(50)33-45(43)51)28-23-19-20-24-29-46(52)59-36-41(37-62-65(57,58)61-35-40(49)34-60-64(54,55)56)63-47(53)30-25-18-16-14-12-10-8-7-9-11-13-15-17-22-26-38(3)5-2/h31-32,38-43,45,48-49,51H,4-30,33-37H2,1-3H3,(H,57,58)(H2,54,55,56)/b32-31+/t38?,39-,40-,41+,42+,43+,45+/m0/s1. The molecule has 0 radical (unpaired) electrons. The van der Waals surface area contributed by atoms with E-state index in [1.165, 1.54) is 70.6 Å². The molecule has 382 valence electrons. The predicted molar refractivity (Wildman–Crippen MR) is 249 cm³/mol. The number of phosphoric acid groups is 2. The third-order valence-corrected chi connectivity index (χ3v) is 13.5. The fourth-order valence-electron chi connectivity index (χ4n) is 7.87. The summed E-state index contributed by atoms with van der Waals surface area (Å²) in [5, 5.41) is 30.5. The van der Waals surface area contributed by atoms with Crippen LogP contribution in [0.1, 0.15) is 201 Å². The minimum absolute atomic E-state index is 0.0139. The summed E-state index contributed by atoms with van der Waals surface area (Å²) < 4.78 is 47.9. The van der Waals surface area contributed by atoms with Crippen molar-refractivity contribution in [2.24, 2.45) is 17.8 Å². The smallest absolute Gasteiger partial charge is 0.462 e. The van der Waals surface area contributed by atoms with E-state index in [1.807, 2.05) is 0 Å². The van der Waals surface area contributed by atoms with E-state index in [2.05, 4.69) is 25.3 Å². The van der Waals surface area contributed by atoms with Crippen molar-refractivity contribution in [1.82, 2.24) is 0 Å². The number of ketones is 1. The van der Waals surface area contributed by atoms with Gasteiger partial charge in [0.25, 0.3) is 0 Å². The quantitative estimate of drug-likeness (QED) is 0.0144. The molecule has 18 heteroatoms. The topological polar surface area (TPSA) is 253 Å². The molecule has 65 heavy (non-hydrogen) atoms. The third-order valence-electron chi connectivity index (χ3n) is 12.1. The Bertz CT molecular complexity index is 1380. The molecule has 0 spiro atoms. The van der Waals surface area contributed by atoms with E-state index in [4.69, 9.17) is 28.3 Å². The second-order valence-corrected chi connectivity index (χ2v) is 20.8. The van der Waals surface area contributed by atoms with Crippen molar-refractivity contribution >= 4 is 33.4 Å². The van der Waals surface area contributed by atoms with Crippen LogP contribution in [0.2, 0.25) is 0 Å². The summed E-state index contributed by atoms with van der Waals surface area (Å²) in [6, 6.07) is 0. The van der Waals surface area contributed by atoms with Crippen LogP contribution in [0.3, 0.4) is 0 Å². The van der Waals surface area contributed by atoms with Crippen LogP contribution in [0.5, 0.6) is 0 Å². The van der Waals surface area contributed by atoms with Gasteiger partial charge in [0.15, 0.2) is 6.10 Å². The summed E-state index contributed by atoms with van der Waals surface area (Å²) in [7, 11) is -9.76. The summed E-state index contributed by atoms with van der Waals surface area (Å²) in [6.07, 6.45) is 25.2. The van der Waals surface area contributed by atoms with Crippen LogP contribution in [0.25, 0.3) is 0 Å². The van der Waals surface area contributed by atoms with Crippen molar-refractivity contribution < 1.29 is 76.6 Å². The Labute approximate surface area is 390 Å². The molecule has 0 heterocycles. The van der Waals surface area contributed by atoms with Gasteiger partial charge in [-0.05, 0) is 31.6 Å². The number of carbonyl (C=O) groups is 3. The van der Waals surface area contributed by atoms with Gasteiger partial charge in [-0.3, -0.25) is 28.0 Å². The first-order valence-electron chi connectivity index (χ1n) is 24.9. The summed E-state index contributed by atoms with van der Waals surface area (Å²) in [6.45, 7) is 3.78. The van der Waals surface area contributed by atoms with Crippen molar-refractivity contribution in [3.63, 3.8) is 0 Å². The Morgan fingerprint density at radius 2 is 1.18 bits per heavy atom. The number of hydrogen-bond donors (Lipinski definition) is 6. The first-order valence-corrected chi connectivity index (χ1v) is 27.9. The Hall–Kier alpha value is -1.55. The normalized spacial score (nSPS) is 19.6. The lowest BCUT2D eigenvalue weighted by molar-refractivity contribution is -0.161. The lowest BCUT2D eigenvalue weighted by Gasteiger charge is -2.20. The Kier molecular flexibility index (Phi) is 35.3. The third kappa shape index (κ3) is 34.4. The number of carbonyl (C=O) groups excluding carboxylic acids is 3. The van der Waals surface area contributed by atoms with E-state index in [1.54, 1.807) is 12.2 Å². The number of phosphoric ester groups is 2. The largest absolute Gasteiger partial charge is 0.472 e. The zero-order valence-electron chi connectivity index (χ0n) is 40.0. The lowest BCUT2D eigenvalue weighted by Crippen LogP contribution is -2.30. The molecule has 0 amide bonds. The van der Waals surface area contributed by atoms with Crippen LogP contribution in [-0.2, 0) is 46.6 Å². The van der Waals surface area contributed by atoms with Crippen molar-refractivity contribution in [2.75, 3.05) is 26.4 Å². The van der Waals surface area contributed by atoms with Crippen LogP contribution in [0, 0.1) is 17.8 Å². The molecule has 0 aliphatic heterocycles. The fourth-order valence-corrected chi connectivity index (χ4v) is 9.02. The molecule has 0 bridgehead atoms. The molecule has 1 aliphatic carbocycles. The highest BCUT2D eigenvalue weighted by atomic mass is 31.2. The number of rotatable bonds is 43. The summed E-state index contributed by atoms with van der Waals surface area (Å²) in [4.78, 5) is 65.7. The maximum Gasteiger partial charge on any atom is 0.472 e. The zero-order valence-corrected chi connectivity index (χ0v) is 41.8. The number of aliphatic hydroxyl groups excluding tert-OH is 3. The van der Waals surface area contributed by atoms with Gasteiger partial charge in [0.1, 0.15) is 18.5 Å². The highest BCUT2D eigenvalue weighted by Gasteiger charge is 2.39. The van der Waals surface area contributed by atoms with Gasteiger partial charge in [-0.15, -0.1) is 0 Å². The number of hydrogen-bond acceptors (Lipinski definition) is 13. The van der Waals surface area contributed by atoms with Crippen molar-refractivity contribution in [3.8, 4) is 0 Å². The van der Waals surface area contributed by atoms with Crippen LogP contribution in [0.15, 0.2) is 12.2 Å². The first-order chi connectivity index (χ1) is 31.0. The number of unbranched alkanes of at least 4 members (excludes halogenated alkanes) is 18. The van der Waals surface area contributed by atoms with Gasteiger partial charge in [-0.25, -0.2) is 9.13 Å². The summed E-state index contributed by atoms with van der Waals surface area (Å²) >= 11 is 0. The number of esters is 2. The van der Waals surface area contributed by atoms with Gasteiger partial charge >= 0.3 is 27.6 Å². The molecule has 0 aromatic heterocycles. The van der Waals surface area contributed by atoms with Crippen LogP contribution < -0.4 is 0 Å². The van der Waals surface area contributed by atoms with E-state index >= 15 is 0 Å². The second kappa shape index (κ2) is 37.4. The van der Waals surface area contributed by atoms with Crippen molar-refractivity contribution in [3.05, 3.63) is 12.2 Å². The first kappa shape index (κ1) is 61.5. The molecule has 1 rings (SSSR count). The summed E-state index contributed by atoms with van der Waals surface area (Å²) in [5.74, 6) is -0.972. The van der Waals surface area contributed by atoms with E-state index in [0.717, 1.165) is 57.3 Å². The van der Waals surface area contributed by atoms with Crippen LogP contribution in [0.4, 0.5) is 0 Å².